The van der Waals surface area contributed by atoms with Crippen LogP contribution in [0.25, 0.3) is 0 Å². The van der Waals surface area contributed by atoms with Crippen molar-refractivity contribution in [2.45, 2.75) is 12.5 Å². The second-order valence-corrected chi connectivity index (χ2v) is 4.36. The van der Waals surface area contributed by atoms with E-state index in [4.69, 9.17) is 20.3 Å². The molecule has 2 rings (SSSR count). The van der Waals surface area contributed by atoms with Gasteiger partial charge in [-0.25, -0.2) is 0 Å². The average Bonchev–Trinajstić information content (AvgIpc) is 2.65. The lowest BCUT2D eigenvalue weighted by molar-refractivity contribution is -0.138. The van der Waals surface area contributed by atoms with Crippen molar-refractivity contribution in [3.05, 3.63) is 22.2 Å². The van der Waals surface area contributed by atoms with Crippen molar-refractivity contribution in [2.75, 3.05) is 6.79 Å². The number of carbonyl (C=O) groups is 1. The number of fused-ring (bicyclic) bond motifs is 1. The second kappa shape index (κ2) is 4.31. The van der Waals surface area contributed by atoms with Crippen LogP contribution >= 0.6 is 15.9 Å². The van der Waals surface area contributed by atoms with Crippen LogP contribution in [0.4, 0.5) is 0 Å². The van der Waals surface area contributed by atoms with Crippen molar-refractivity contribution in [1.82, 2.24) is 0 Å². The van der Waals surface area contributed by atoms with Gasteiger partial charge in [-0.1, -0.05) is 15.9 Å². The Bertz CT molecular complexity index is 435. The van der Waals surface area contributed by atoms with Crippen LogP contribution in [0.2, 0.25) is 0 Å². The van der Waals surface area contributed by atoms with E-state index in [1.165, 1.54) is 0 Å². The molecule has 6 heteroatoms. The number of rotatable bonds is 3. The fourth-order valence-electron chi connectivity index (χ4n) is 1.52. The van der Waals surface area contributed by atoms with E-state index in [-0.39, 0.29) is 13.2 Å². The molecule has 1 aromatic carbocycles. The summed E-state index contributed by atoms with van der Waals surface area (Å²) >= 11 is 3.32. The summed E-state index contributed by atoms with van der Waals surface area (Å²) in [6.07, 6.45) is 0.209. The van der Waals surface area contributed by atoms with Gasteiger partial charge >= 0.3 is 5.97 Å². The molecule has 0 saturated heterocycles. The Kier molecular flexibility index (Phi) is 3.02. The minimum absolute atomic E-state index is 0.154. The summed E-state index contributed by atoms with van der Waals surface area (Å²) < 4.78 is 11.3. The Morgan fingerprint density at radius 2 is 2.31 bits per heavy atom. The Morgan fingerprint density at radius 3 is 3.00 bits per heavy atom. The Morgan fingerprint density at radius 1 is 1.56 bits per heavy atom. The third kappa shape index (κ3) is 2.12. The fraction of sp³-hybridized carbons (Fsp3) is 0.300. The van der Waals surface area contributed by atoms with Crippen LogP contribution in [0.1, 0.15) is 5.56 Å². The minimum atomic E-state index is -1.03. The topological polar surface area (TPSA) is 81.8 Å². The average molecular weight is 288 g/mol. The molecule has 0 aliphatic carbocycles. The van der Waals surface area contributed by atoms with E-state index in [0.29, 0.717) is 11.5 Å². The van der Waals surface area contributed by atoms with Crippen LogP contribution in [0.3, 0.4) is 0 Å². The normalized spacial score (nSPS) is 14.9. The van der Waals surface area contributed by atoms with Gasteiger partial charge in [-0.15, -0.1) is 0 Å². The highest BCUT2D eigenvalue weighted by molar-refractivity contribution is 9.10. The minimum Gasteiger partial charge on any atom is -0.480 e. The highest BCUT2D eigenvalue weighted by atomic mass is 79.9. The Hall–Kier alpha value is -1.27. The lowest BCUT2D eigenvalue weighted by atomic mass is 10.1. The summed E-state index contributed by atoms with van der Waals surface area (Å²) in [4.78, 5) is 10.7. The van der Waals surface area contributed by atoms with E-state index in [1.807, 2.05) is 0 Å². The molecule has 86 valence electrons. The smallest absolute Gasteiger partial charge is 0.320 e. The van der Waals surface area contributed by atoms with E-state index in [2.05, 4.69) is 15.9 Å². The molecule has 3 N–H and O–H groups in total. The van der Waals surface area contributed by atoms with Crippen LogP contribution in [0, 0.1) is 0 Å². The third-order valence-corrected chi connectivity index (χ3v) is 2.73. The van der Waals surface area contributed by atoms with Crippen LogP contribution in [0.5, 0.6) is 11.5 Å². The largest absolute Gasteiger partial charge is 0.480 e. The van der Waals surface area contributed by atoms with Crippen LogP contribution in [-0.4, -0.2) is 23.9 Å². The maximum absolute atomic E-state index is 10.7. The predicted molar refractivity (Wildman–Crippen MR) is 59.6 cm³/mol. The summed E-state index contributed by atoms with van der Waals surface area (Å²) in [5.41, 5.74) is 6.21. The maximum atomic E-state index is 10.7. The summed E-state index contributed by atoms with van der Waals surface area (Å²) in [5.74, 6) is 0.162. The van der Waals surface area contributed by atoms with Gasteiger partial charge in [0.1, 0.15) is 6.04 Å². The molecule has 0 bridgehead atoms. The number of carboxylic acids is 1. The van der Waals surface area contributed by atoms with Gasteiger partial charge in [0.25, 0.3) is 0 Å². The van der Waals surface area contributed by atoms with Crippen LogP contribution < -0.4 is 15.2 Å². The molecule has 0 spiro atoms. The molecule has 0 aromatic heterocycles. The first-order valence-corrected chi connectivity index (χ1v) is 5.43. The molecule has 0 saturated carbocycles. The second-order valence-electron chi connectivity index (χ2n) is 3.45. The number of nitrogens with two attached hydrogens (primary N) is 1. The van der Waals surface area contributed by atoms with E-state index in [0.717, 1.165) is 10.0 Å². The van der Waals surface area contributed by atoms with E-state index in [1.54, 1.807) is 12.1 Å². The molecule has 1 heterocycles. The Balaban J connectivity index is 2.30. The number of carboxylic acid groups (broad SMARTS) is 1. The van der Waals surface area contributed by atoms with Crippen molar-refractivity contribution >= 4 is 21.9 Å². The van der Waals surface area contributed by atoms with Gasteiger partial charge in [0.15, 0.2) is 11.5 Å². The van der Waals surface area contributed by atoms with Gasteiger partial charge in [0, 0.05) is 16.5 Å². The summed E-state index contributed by atoms with van der Waals surface area (Å²) in [7, 11) is 0. The van der Waals surface area contributed by atoms with E-state index in [9.17, 15) is 4.79 Å². The van der Waals surface area contributed by atoms with Gasteiger partial charge in [-0.2, -0.15) is 0 Å². The summed E-state index contributed by atoms with van der Waals surface area (Å²) in [6.45, 7) is 0.154. The summed E-state index contributed by atoms with van der Waals surface area (Å²) in [5, 5.41) is 8.75. The predicted octanol–water partition coefficient (Wildman–Crippen LogP) is 1.13. The summed E-state index contributed by atoms with van der Waals surface area (Å²) in [6, 6.07) is 2.62. The molecule has 5 nitrogen and oxygen atoms in total. The number of benzene rings is 1. The molecule has 16 heavy (non-hydrogen) atoms. The number of hydrogen-bond donors (Lipinski definition) is 2. The van der Waals surface area contributed by atoms with Crippen LogP contribution in [-0.2, 0) is 11.2 Å². The zero-order valence-corrected chi connectivity index (χ0v) is 9.86. The lowest BCUT2D eigenvalue weighted by Gasteiger charge is -2.09. The van der Waals surface area contributed by atoms with E-state index >= 15 is 0 Å². The van der Waals surface area contributed by atoms with Gasteiger partial charge in [-0.05, 0) is 12.1 Å². The molecule has 1 aliphatic rings. The zero-order valence-electron chi connectivity index (χ0n) is 8.27. The standard InChI is InChI=1S/C10H10BrNO4/c11-6-1-5(2-7(12)10(13)14)9-8(3-6)15-4-16-9/h1,3,7H,2,4,12H2,(H,13,14). The van der Waals surface area contributed by atoms with Crippen LogP contribution in [0.15, 0.2) is 16.6 Å². The van der Waals surface area contributed by atoms with Crippen molar-refractivity contribution in [3.8, 4) is 11.5 Å². The maximum Gasteiger partial charge on any atom is 0.320 e. The van der Waals surface area contributed by atoms with Crippen molar-refractivity contribution in [2.24, 2.45) is 5.73 Å². The molecule has 1 aliphatic heterocycles. The molecule has 1 atom stereocenters. The first-order chi connectivity index (χ1) is 7.58. The molecule has 0 radical (unpaired) electrons. The van der Waals surface area contributed by atoms with Gasteiger partial charge < -0.3 is 20.3 Å². The van der Waals surface area contributed by atoms with Crippen molar-refractivity contribution in [3.63, 3.8) is 0 Å². The SMILES string of the molecule is NC(Cc1cc(Br)cc2c1OCO2)C(=O)O. The highest BCUT2D eigenvalue weighted by Gasteiger charge is 2.22. The first kappa shape index (κ1) is 11.2. The first-order valence-electron chi connectivity index (χ1n) is 4.64. The zero-order chi connectivity index (χ0) is 11.7. The molecule has 1 unspecified atom stereocenters. The monoisotopic (exact) mass is 287 g/mol. The third-order valence-electron chi connectivity index (χ3n) is 2.27. The van der Waals surface area contributed by atoms with E-state index < -0.39 is 12.0 Å². The number of ether oxygens (including phenoxy) is 2. The number of hydrogen-bond acceptors (Lipinski definition) is 4. The molecule has 0 amide bonds. The van der Waals surface area contributed by atoms with Gasteiger partial charge in [0.2, 0.25) is 6.79 Å². The lowest BCUT2D eigenvalue weighted by Crippen LogP contribution is -2.32. The van der Waals surface area contributed by atoms with Gasteiger partial charge in [0.05, 0.1) is 0 Å². The quantitative estimate of drug-likeness (QED) is 0.871. The van der Waals surface area contributed by atoms with Crippen molar-refractivity contribution < 1.29 is 19.4 Å². The number of aliphatic carboxylic acids is 1. The molecule has 1 aromatic rings. The molecule has 0 fully saturated rings. The van der Waals surface area contributed by atoms with Gasteiger partial charge in [-0.3, -0.25) is 4.79 Å². The van der Waals surface area contributed by atoms with Crippen molar-refractivity contribution in [1.29, 1.82) is 0 Å². The molecular weight excluding hydrogens is 278 g/mol. The number of halogens is 1. The molecular formula is C10H10BrNO4. The highest BCUT2D eigenvalue weighted by Crippen LogP contribution is 2.38. The fourth-order valence-corrected chi connectivity index (χ4v) is 2.01. The Labute approximate surface area is 100 Å².